The highest BCUT2D eigenvalue weighted by Gasteiger charge is 2.20. The first-order valence-corrected chi connectivity index (χ1v) is 12.7. The largest absolute Gasteiger partial charge is 0.376 e. The Hall–Kier alpha value is -0.0800. The van der Waals surface area contributed by atoms with Crippen molar-refractivity contribution in [3.05, 3.63) is 0 Å². The lowest BCUT2D eigenvalue weighted by molar-refractivity contribution is -0.0672. The molecule has 0 N–H and O–H groups in total. The molecule has 2 nitrogen and oxygen atoms in total. The third-order valence-electron chi connectivity index (χ3n) is 5.95. The molecule has 0 aromatic carbocycles. The first-order chi connectivity index (χ1) is 13.4. The van der Waals surface area contributed by atoms with Gasteiger partial charge in [0.05, 0.1) is 11.2 Å². The van der Waals surface area contributed by atoms with Crippen molar-refractivity contribution in [1.29, 1.82) is 0 Å². The van der Waals surface area contributed by atoms with Gasteiger partial charge in [-0.25, -0.2) is 0 Å². The van der Waals surface area contributed by atoms with Crippen LogP contribution in [-0.2, 0) is 9.47 Å². The molecule has 0 bridgehead atoms. The molecule has 0 saturated heterocycles. The molecule has 2 unspecified atom stereocenters. The Labute approximate surface area is 184 Å². The zero-order chi connectivity index (χ0) is 22.3. The molecule has 2 atom stereocenters. The molecule has 2 heteroatoms. The van der Waals surface area contributed by atoms with Crippen LogP contribution in [0.1, 0.15) is 133 Å². The second-order valence-electron chi connectivity index (χ2n) is 11.6. The van der Waals surface area contributed by atoms with Gasteiger partial charge < -0.3 is 9.47 Å². The van der Waals surface area contributed by atoms with Gasteiger partial charge >= 0.3 is 0 Å². The van der Waals surface area contributed by atoms with Crippen LogP contribution in [-0.4, -0.2) is 24.4 Å². The van der Waals surface area contributed by atoms with E-state index in [1.54, 1.807) is 0 Å². The summed E-state index contributed by atoms with van der Waals surface area (Å²) in [4.78, 5) is 0. The van der Waals surface area contributed by atoms with Crippen LogP contribution in [0.4, 0.5) is 0 Å². The molecule has 0 aromatic heterocycles. The van der Waals surface area contributed by atoms with Gasteiger partial charge in [0.1, 0.15) is 0 Å². The fourth-order valence-corrected chi connectivity index (χ4v) is 3.77. The predicted molar refractivity (Wildman–Crippen MR) is 130 cm³/mol. The maximum absolute atomic E-state index is 6.11. The summed E-state index contributed by atoms with van der Waals surface area (Å²) in [5, 5.41) is 0. The van der Waals surface area contributed by atoms with E-state index in [0.717, 1.165) is 37.4 Å². The van der Waals surface area contributed by atoms with E-state index < -0.39 is 0 Å². The van der Waals surface area contributed by atoms with Crippen LogP contribution in [0.15, 0.2) is 0 Å². The third kappa shape index (κ3) is 21.0. The van der Waals surface area contributed by atoms with E-state index in [9.17, 15) is 0 Å². The average Bonchev–Trinajstić information content (AvgIpc) is 2.56. The summed E-state index contributed by atoms with van der Waals surface area (Å²) in [5.41, 5.74) is -0.136. The van der Waals surface area contributed by atoms with Crippen molar-refractivity contribution in [2.45, 2.75) is 144 Å². The Morgan fingerprint density at radius 2 is 1.07 bits per heavy atom. The van der Waals surface area contributed by atoms with Crippen molar-refractivity contribution in [2.75, 3.05) is 13.2 Å². The summed E-state index contributed by atoms with van der Waals surface area (Å²) in [6.07, 6.45) is 14.6. The minimum Gasteiger partial charge on any atom is -0.376 e. The first kappa shape index (κ1) is 28.9. The highest BCUT2D eigenvalue weighted by Crippen LogP contribution is 2.22. The summed E-state index contributed by atoms with van der Waals surface area (Å²) in [6, 6.07) is 0. The maximum atomic E-state index is 6.11. The van der Waals surface area contributed by atoms with Crippen LogP contribution in [0.3, 0.4) is 0 Å². The molecule has 0 aromatic rings. The van der Waals surface area contributed by atoms with Gasteiger partial charge in [-0.15, -0.1) is 0 Å². The molecule has 0 radical (unpaired) electrons. The maximum Gasteiger partial charge on any atom is 0.0648 e. The van der Waals surface area contributed by atoms with Gasteiger partial charge in [-0.2, -0.15) is 0 Å². The van der Waals surface area contributed by atoms with Crippen LogP contribution in [0.25, 0.3) is 0 Å². The second-order valence-corrected chi connectivity index (χ2v) is 11.6. The molecule has 0 saturated carbocycles. The van der Waals surface area contributed by atoms with Gasteiger partial charge in [0.2, 0.25) is 0 Å². The van der Waals surface area contributed by atoms with Gasteiger partial charge in [0.25, 0.3) is 0 Å². The molecule has 0 aliphatic carbocycles. The molecule has 0 aliphatic heterocycles. The Balaban J connectivity index is 3.60. The lowest BCUT2D eigenvalue weighted by Gasteiger charge is -2.28. The average molecular weight is 413 g/mol. The molecule has 0 spiro atoms. The zero-order valence-corrected chi connectivity index (χ0v) is 21.7. The van der Waals surface area contributed by atoms with Crippen LogP contribution in [0.2, 0.25) is 0 Å². The quantitative estimate of drug-likeness (QED) is 0.209. The molecule has 0 aliphatic rings. The Kier molecular flexibility index (Phi) is 15.6. The summed E-state index contributed by atoms with van der Waals surface area (Å²) < 4.78 is 11.9. The number of hydrogen-bond donors (Lipinski definition) is 0. The number of rotatable bonds is 18. The van der Waals surface area contributed by atoms with Crippen LogP contribution >= 0.6 is 0 Å². The van der Waals surface area contributed by atoms with Gasteiger partial charge in [-0.1, -0.05) is 85.5 Å². The van der Waals surface area contributed by atoms with Crippen molar-refractivity contribution in [3.63, 3.8) is 0 Å². The number of ether oxygens (including phenoxy) is 2. The van der Waals surface area contributed by atoms with E-state index in [1.165, 1.54) is 64.2 Å². The van der Waals surface area contributed by atoms with Crippen LogP contribution in [0, 0.1) is 17.8 Å². The lowest BCUT2D eigenvalue weighted by Crippen LogP contribution is -2.29. The standard InChI is InChI=1S/C27H56O2/c1-23(2)15-13-17-25(4)19-14-18-24(3)16-11-10-12-21-29-27(8,9)20-22-28-26(5,6)7/h23-25H,10-22H2,1-9H3. The topological polar surface area (TPSA) is 18.5 Å². The molecule has 0 amide bonds. The van der Waals surface area contributed by atoms with Crippen molar-refractivity contribution in [1.82, 2.24) is 0 Å². The van der Waals surface area contributed by atoms with E-state index >= 15 is 0 Å². The summed E-state index contributed by atoms with van der Waals surface area (Å²) in [7, 11) is 0. The number of hydrogen-bond acceptors (Lipinski definition) is 2. The molecule has 0 heterocycles. The molecule has 0 rings (SSSR count). The SMILES string of the molecule is CC(C)CCCC(C)CCCC(C)CCCCCOC(C)(C)CCOC(C)(C)C. The smallest absolute Gasteiger partial charge is 0.0648 e. The van der Waals surface area contributed by atoms with Gasteiger partial charge in [-0.05, 0) is 65.2 Å². The zero-order valence-electron chi connectivity index (χ0n) is 21.7. The molecular formula is C27H56O2. The minimum absolute atomic E-state index is 0.0570. The van der Waals surface area contributed by atoms with E-state index in [-0.39, 0.29) is 11.2 Å². The van der Waals surface area contributed by atoms with Crippen LogP contribution < -0.4 is 0 Å². The Morgan fingerprint density at radius 3 is 1.59 bits per heavy atom. The molecular weight excluding hydrogens is 356 g/mol. The second kappa shape index (κ2) is 15.7. The molecule has 29 heavy (non-hydrogen) atoms. The lowest BCUT2D eigenvalue weighted by atomic mass is 9.92. The van der Waals surface area contributed by atoms with Gasteiger partial charge in [-0.3, -0.25) is 0 Å². The Bertz CT molecular complexity index is 367. The third-order valence-corrected chi connectivity index (χ3v) is 5.95. The molecule has 176 valence electrons. The fraction of sp³-hybridized carbons (Fsp3) is 1.00. The predicted octanol–water partition coefficient (Wildman–Crippen LogP) is 8.82. The highest BCUT2D eigenvalue weighted by molar-refractivity contribution is 4.70. The van der Waals surface area contributed by atoms with E-state index in [1.807, 2.05) is 0 Å². The normalized spacial score (nSPS) is 15.1. The monoisotopic (exact) mass is 412 g/mol. The van der Waals surface area contributed by atoms with Gasteiger partial charge in [0.15, 0.2) is 0 Å². The number of unbranched alkanes of at least 4 members (excludes halogenated alkanes) is 2. The van der Waals surface area contributed by atoms with Crippen molar-refractivity contribution < 1.29 is 9.47 Å². The summed E-state index contributed by atoms with van der Waals surface area (Å²) >= 11 is 0. The van der Waals surface area contributed by atoms with Crippen molar-refractivity contribution in [2.24, 2.45) is 17.8 Å². The van der Waals surface area contributed by atoms with E-state index in [0.29, 0.717) is 0 Å². The molecule has 0 fully saturated rings. The highest BCUT2D eigenvalue weighted by atomic mass is 16.5. The van der Waals surface area contributed by atoms with E-state index in [4.69, 9.17) is 9.47 Å². The van der Waals surface area contributed by atoms with E-state index in [2.05, 4.69) is 62.3 Å². The van der Waals surface area contributed by atoms with Crippen LogP contribution in [0.5, 0.6) is 0 Å². The van der Waals surface area contributed by atoms with Gasteiger partial charge in [0, 0.05) is 13.2 Å². The van der Waals surface area contributed by atoms with Crippen molar-refractivity contribution in [3.8, 4) is 0 Å². The summed E-state index contributed by atoms with van der Waals surface area (Å²) in [5.74, 6) is 2.65. The first-order valence-electron chi connectivity index (χ1n) is 12.7. The summed E-state index contributed by atoms with van der Waals surface area (Å²) in [6.45, 7) is 21.9. The van der Waals surface area contributed by atoms with Crippen molar-refractivity contribution >= 4 is 0 Å². The Morgan fingerprint density at radius 1 is 0.552 bits per heavy atom. The fourth-order valence-electron chi connectivity index (χ4n) is 3.77. The minimum atomic E-state index is -0.0790.